The molecule has 0 heterocycles. The van der Waals surface area contributed by atoms with Crippen LogP contribution in [0.5, 0.6) is 0 Å². The molecule has 0 aliphatic rings. The molecule has 0 spiro atoms. The van der Waals surface area contributed by atoms with Crippen molar-refractivity contribution < 1.29 is 25.2 Å². The molecular formula is C24H48O5. The summed E-state index contributed by atoms with van der Waals surface area (Å²) >= 11 is 0. The second-order valence-corrected chi connectivity index (χ2v) is 8.80. The molecule has 0 aromatic rings. The molecule has 0 aromatic carbocycles. The number of rotatable bonds is 21. The third kappa shape index (κ3) is 14.1. The average molecular weight is 417 g/mol. The fourth-order valence-corrected chi connectivity index (χ4v) is 4.03. The zero-order valence-electron chi connectivity index (χ0n) is 19.1. The van der Waals surface area contributed by atoms with E-state index in [1.165, 1.54) is 70.6 Å². The van der Waals surface area contributed by atoms with Crippen molar-refractivity contribution in [3.8, 4) is 0 Å². The predicted octanol–water partition coefficient (Wildman–Crippen LogP) is 5.44. The van der Waals surface area contributed by atoms with Crippen LogP contribution in [0.1, 0.15) is 123 Å². The van der Waals surface area contributed by atoms with Crippen molar-refractivity contribution in [3.05, 3.63) is 0 Å². The Morgan fingerprint density at radius 2 is 1.21 bits per heavy atom. The first-order chi connectivity index (χ1) is 13.9. The molecule has 3 atom stereocenters. The van der Waals surface area contributed by atoms with E-state index in [4.69, 9.17) is 0 Å². The normalized spacial score (nSPS) is 15.8. The summed E-state index contributed by atoms with van der Waals surface area (Å²) in [6.07, 6.45) is 16.8. The van der Waals surface area contributed by atoms with E-state index in [0.29, 0.717) is 12.8 Å². The van der Waals surface area contributed by atoms with Crippen LogP contribution < -0.4 is 0 Å². The van der Waals surface area contributed by atoms with Gasteiger partial charge in [0.05, 0.1) is 18.1 Å². The number of aliphatic carboxylic acids is 1. The van der Waals surface area contributed by atoms with E-state index in [0.717, 1.165) is 19.3 Å². The van der Waals surface area contributed by atoms with Crippen LogP contribution >= 0.6 is 0 Å². The first kappa shape index (κ1) is 28.4. The number of carboxylic acids is 1. The summed E-state index contributed by atoms with van der Waals surface area (Å²) in [4.78, 5) is 11.3. The zero-order valence-corrected chi connectivity index (χ0v) is 19.1. The summed E-state index contributed by atoms with van der Waals surface area (Å²) in [6.45, 7) is 3.46. The lowest BCUT2D eigenvalue weighted by Crippen LogP contribution is -2.46. The highest BCUT2D eigenvalue weighted by Crippen LogP contribution is 2.29. The lowest BCUT2D eigenvalue weighted by atomic mass is 9.81. The summed E-state index contributed by atoms with van der Waals surface area (Å²) in [6, 6.07) is 0. The van der Waals surface area contributed by atoms with Crippen molar-refractivity contribution in [2.24, 2.45) is 5.92 Å². The predicted molar refractivity (Wildman–Crippen MR) is 119 cm³/mol. The number of carbonyl (C=O) groups is 1. The maximum Gasteiger partial charge on any atom is 0.306 e. The molecule has 0 aliphatic heterocycles. The van der Waals surface area contributed by atoms with Gasteiger partial charge in [0.2, 0.25) is 0 Å². The van der Waals surface area contributed by atoms with E-state index in [-0.39, 0.29) is 6.42 Å². The molecule has 0 saturated heterocycles. The van der Waals surface area contributed by atoms with Gasteiger partial charge in [-0.15, -0.1) is 0 Å². The van der Waals surface area contributed by atoms with Gasteiger partial charge < -0.3 is 20.4 Å². The number of aliphatic hydroxyl groups excluding tert-OH is 2. The lowest BCUT2D eigenvalue weighted by molar-refractivity contribution is -0.150. The number of hydrogen-bond acceptors (Lipinski definition) is 4. The Bertz CT molecular complexity index is 387. The highest BCUT2D eigenvalue weighted by atomic mass is 16.4. The Kier molecular flexibility index (Phi) is 17.7. The van der Waals surface area contributed by atoms with Crippen LogP contribution in [0.2, 0.25) is 0 Å². The lowest BCUT2D eigenvalue weighted by Gasteiger charge is -2.34. The molecule has 174 valence electrons. The second kappa shape index (κ2) is 18.1. The largest absolute Gasteiger partial charge is 0.481 e. The quantitative estimate of drug-likeness (QED) is 0.187. The van der Waals surface area contributed by atoms with Gasteiger partial charge in [0.1, 0.15) is 6.10 Å². The molecule has 0 aliphatic carbocycles. The maximum atomic E-state index is 11.3. The van der Waals surface area contributed by atoms with Crippen molar-refractivity contribution in [3.63, 3.8) is 0 Å². The summed E-state index contributed by atoms with van der Waals surface area (Å²) < 4.78 is 0. The minimum absolute atomic E-state index is 0.0149. The van der Waals surface area contributed by atoms with E-state index in [9.17, 15) is 25.2 Å². The van der Waals surface area contributed by atoms with Gasteiger partial charge in [-0.05, 0) is 19.3 Å². The van der Waals surface area contributed by atoms with Crippen molar-refractivity contribution in [1.82, 2.24) is 0 Å². The molecule has 0 bridgehead atoms. The Labute approximate surface area is 178 Å². The average Bonchev–Trinajstić information content (AvgIpc) is 2.71. The molecule has 0 fully saturated rings. The van der Waals surface area contributed by atoms with Gasteiger partial charge in [-0.3, -0.25) is 4.79 Å². The van der Waals surface area contributed by atoms with Crippen molar-refractivity contribution >= 4 is 5.97 Å². The Balaban J connectivity index is 3.84. The smallest absolute Gasteiger partial charge is 0.306 e. The van der Waals surface area contributed by atoms with Gasteiger partial charge in [-0.25, -0.2) is 0 Å². The van der Waals surface area contributed by atoms with E-state index >= 15 is 0 Å². The van der Waals surface area contributed by atoms with E-state index in [1.54, 1.807) is 6.92 Å². The van der Waals surface area contributed by atoms with Crippen LogP contribution in [0.15, 0.2) is 0 Å². The van der Waals surface area contributed by atoms with Gasteiger partial charge in [-0.1, -0.05) is 104 Å². The highest BCUT2D eigenvalue weighted by molar-refractivity contribution is 5.70. The van der Waals surface area contributed by atoms with E-state index < -0.39 is 30.2 Å². The van der Waals surface area contributed by atoms with Crippen LogP contribution in [0.4, 0.5) is 0 Å². The number of carboxylic acid groups (broad SMARTS) is 1. The van der Waals surface area contributed by atoms with Crippen molar-refractivity contribution in [2.75, 3.05) is 6.61 Å². The molecule has 29 heavy (non-hydrogen) atoms. The standard InChI is InChI=1S/C24H48O5/c1-3-5-6-7-8-9-10-11-12-13-14-15-16-17-18-24(29,22(26)20-25)19-21(4-2)23(27)28/h21-22,25-26,29H,3-20H2,1-2H3,(H,27,28)/t21?,22?,24-/m0/s1. The molecule has 0 amide bonds. The highest BCUT2D eigenvalue weighted by Gasteiger charge is 2.38. The Morgan fingerprint density at radius 3 is 1.55 bits per heavy atom. The van der Waals surface area contributed by atoms with Crippen LogP contribution in [0.25, 0.3) is 0 Å². The third-order valence-electron chi connectivity index (χ3n) is 6.20. The molecule has 0 saturated carbocycles. The van der Waals surface area contributed by atoms with Gasteiger partial charge in [0, 0.05) is 0 Å². The summed E-state index contributed by atoms with van der Waals surface area (Å²) in [7, 11) is 0. The van der Waals surface area contributed by atoms with Crippen LogP contribution in [-0.2, 0) is 4.79 Å². The number of hydrogen-bond donors (Lipinski definition) is 4. The van der Waals surface area contributed by atoms with Crippen LogP contribution in [0, 0.1) is 5.92 Å². The molecule has 5 nitrogen and oxygen atoms in total. The molecule has 0 radical (unpaired) electrons. The zero-order chi connectivity index (χ0) is 22.0. The first-order valence-electron chi connectivity index (χ1n) is 12.1. The number of aliphatic hydroxyl groups is 3. The molecule has 2 unspecified atom stereocenters. The molecule has 0 aromatic heterocycles. The van der Waals surface area contributed by atoms with Crippen molar-refractivity contribution in [1.29, 1.82) is 0 Å². The number of unbranched alkanes of at least 4 members (excludes halogenated alkanes) is 13. The molecule has 4 N–H and O–H groups in total. The van der Waals surface area contributed by atoms with E-state index in [1.807, 2.05) is 0 Å². The molecule has 5 heteroatoms. The SMILES string of the molecule is CCCCCCCCCCCCCCCC[C@](O)(CC(CC)C(=O)O)C(O)CO. The van der Waals surface area contributed by atoms with Gasteiger partial charge in [0.25, 0.3) is 0 Å². The van der Waals surface area contributed by atoms with E-state index in [2.05, 4.69) is 6.92 Å². The summed E-state index contributed by atoms with van der Waals surface area (Å²) in [5.74, 6) is -1.66. The van der Waals surface area contributed by atoms with Crippen LogP contribution in [0.3, 0.4) is 0 Å². The topological polar surface area (TPSA) is 98.0 Å². The molecular weight excluding hydrogens is 368 g/mol. The fraction of sp³-hybridized carbons (Fsp3) is 0.958. The monoisotopic (exact) mass is 416 g/mol. The second-order valence-electron chi connectivity index (χ2n) is 8.80. The van der Waals surface area contributed by atoms with Gasteiger partial charge >= 0.3 is 5.97 Å². The first-order valence-corrected chi connectivity index (χ1v) is 12.1. The summed E-state index contributed by atoms with van der Waals surface area (Å²) in [5.41, 5.74) is -1.52. The van der Waals surface area contributed by atoms with Gasteiger partial charge in [0.15, 0.2) is 0 Å². The minimum atomic E-state index is -1.52. The summed E-state index contributed by atoms with van der Waals surface area (Å²) in [5, 5.41) is 39.2. The Hall–Kier alpha value is -0.650. The minimum Gasteiger partial charge on any atom is -0.481 e. The van der Waals surface area contributed by atoms with Gasteiger partial charge in [-0.2, -0.15) is 0 Å². The van der Waals surface area contributed by atoms with Crippen molar-refractivity contribution in [2.45, 2.75) is 135 Å². The molecule has 0 rings (SSSR count). The maximum absolute atomic E-state index is 11.3. The fourth-order valence-electron chi connectivity index (χ4n) is 4.03. The van der Waals surface area contributed by atoms with Crippen LogP contribution in [-0.4, -0.2) is 44.7 Å². The third-order valence-corrected chi connectivity index (χ3v) is 6.20. The Morgan fingerprint density at radius 1 is 0.793 bits per heavy atom.